The molecule has 6 heteroatoms. The molecule has 0 radical (unpaired) electrons. The number of rotatable bonds is 3. The molecule has 0 aromatic heterocycles. The first kappa shape index (κ1) is 16.6. The fourth-order valence-electron chi connectivity index (χ4n) is 3.21. The van der Waals surface area contributed by atoms with Crippen LogP contribution in [-0.2, 0) is 11.3 Å². The first-order valence-electron chi connectivity index (χ1n) is 8.15. The summed E-state index contributed by atoms with van der Waals surface area (Å²) in [5.41, 5.74) is 2.42. The van der Waals surface area contributed by atoms with Crippen molar-refractivity contribution in [3.63, 3.8) is 0 Å². The molecule has 2 aliphatic heterocycles. The van der Waals surface area contributed by atoms with E-state index in [0.29, 0.717) is 12.6 Å². The molecule has 2 amide bonds. The van der Waals surface area contributed by atoms with Crippen LogP contribution in [0.1, 0.15) is 11.1 Å². The molecular formula is C17H25N3O2S. The second-order valence-electron chi connectivity index (χ2n) is 6.18. The quantitative estimate of drug-likeness (QED) is 0.858. The zero-order valence-electron chi connectivity index (χ0n) is 13.9. The molecule has 0 bridgehead atoms. The van der Waals surface area contributed by atoms with Gasteiger partial charge in [0.2, 0.25) is 0 Å². The van der Waals surface area contributed by atoms with Gasteiger partial charge in [0.25, 0.3) is 0 Å². The average Bonchev–Trinajstić information content (AvgIpc) is 2.59. The Morgan fingerprint density at radius 3 is 3.09 bits per heavy atom. The van der Waals surface area contributed by atoms with Gasteiger partial charge in [0.1, 0.15) is 0 Å². The molecule has 1 atom stereocenters. The van der Waals surface area contributed by atoms with Crippen LogP contribution in [0, 0.1) is 6.92 Å². The van der Waals surface area contributed by atoms with E-state index in [1.807, 2.05) is 4.90 Å². The Labute approximate surface area is 142 Å². The topological polar surface area (TPSA) is 44.8 Å². The van der Waals surface area contributed by atoms with Gasteiger partial charge in [0.15, 0.2) is 0 Å². The number of urea groups is 1. The molecule has 126 valence electrons. The third-order valence-corrected chi connectivity index (χ3v) is 5.42. The lowest BCUT2D eigenvalue weighted by Crippen LogP contribution is -2.60. The van der Waals surface area contributed by atoms with Crippen LogP contribution in [0.5, 0.6) is 0 Å². The van der Waals surface area contributed by atoms with Gasteiger partial charge in [-0.15, -0.1) is 11.8 Å². The second kappa shape index (κ2) is 7.55. The van der Waals surface area contributed by atoms with Gasteiger partial charge in [-0.25, -0.2) is 4.79 Å². The van der Waals surface area contributed by atoms with E-state index in [-0.39, 0.29) is 6.03 Å². The summed E-state index contributed by atoms with van der Waals surface area (Å²) in [6.07, 6.45) is 2.07. The van der Waals surface area contributed by atoms with Crippen LogP contribution in [0.25, 0.3) is 0 Å². The third kappa shape index (κ3) is 4.00. The molecule has 1 N–H and O–H groups in total. The SMILES string of the molecule is CSc1cc(C)ccc1CNC(=O)N1CCN2CCOCC2C1. The number of fused-ring (bicyclic) bond motifs is 1. The summed E-state index contributed by atoms with van der Waals surface area (Å²) < 4.78 is 5.53. The van der Waals surface area contributed by atoms with Gasteiger partial charge in [-0.1, -0.05) is 12.1 Å². The Bertz CT molecular complexity index is 567. The molecule has 1 aromatic rings. The average molecular weight is 335 g/mol. The van der Waals surface area contributed by atoms with Crippen LogP contribution in [0.4, 0.5) is 4.79 Å². The number of amides is 2. The van der Waals surface area contributed by atoms with E-state index >= 15 is 0 Å². The largest absolute Gasteiger partial charge is 0.378 e. The number of morpholine rings is 1. The Hall–Kier alpha value is -1.24. The summed E-state index contributed by atoms with van der Waals surface area (Å²) >= 11 is 1.72. The predicted molar refractivity (Wildman–Crippen MR) is 92.9 cm³/mol. The van der Waals surface area contributed by atoms with Crippen molar-refractivity contribution < 1.29 is 9.53 Å². The Kier molecular flexibility index (Phi) is 5.46. The van der Waals surface area contributed by atoms with Crippen molar-refractivity contribution in [2.75, 3.05) is 45.6 Å². The fraction of sp³-hybridized carbons (Fsp3) is 0.588. The monoisotopic (exact) mass is 335 g/mol. The van der Waals surface area contributed by atoms with Gasteiger partial charge in [-0.05, 0) is 30.4 Å². The van der Waals surface area contributed by atoms with Crippen molar-refractivity contribution in [1.29, 1.82) is 0 Å². The van der Waals surface area contributed by atoms with Crippen LogP contribution in [0.2, 0.25) is 0 Å². The van der Waals surface area contributed by atoms with E-state index in [1.54, 1.807) is 11.8 Å². The highest BCUT2D eigenvalue weighted by Gasteiger charge is 2.31. The molecule has 23 heavy (non-hydrogen) atoms. The molecule has 3 rings (SSSR count). The van der Waals surface area contributed by atoms with Gasteiger partial charge >= 0.3 is 6.03 Å². The number of benzene rings is 1. The summed E-state index contributed by atoms with van der Waals surface area (Å²) in [5.74, 6) is 0. The van der Waals surface area contributed by atoms with Gasteiger partial charge in [0.05, 0.1) is 19.3 Å². The highest BCUT2D eigenvalue weighted by Crippen LogP contribution is 2.22. The van der Waals surface area contributed by atoms with E-state index < -0.39 is 0 Å². The lowest BCUT2D eigenvalue weighted by molar-refractivity contribution is -0.0365. The van der Waals surface area contributed by atoms with Gasteiger partial charge < -0.3 is 15.0 Å². The van der Waals surface area contributed by atoms with Crippen molar-refractivity contribution in [2.45, 2.75) is 24.4 Å². The highest BCUT2D eigenvalue weighted by atomic mass is 32.2. The molecule has 5 nitrogen and oxygen atoms in total. The Morgan fingerprint density at radius 2 is 2.26 bits per heavy atom. The highest BCUT2D eigenvalue weighted by molar-refractivity contribution is 7.98. The van der Waals surface area contributed by atoms with Crippen molar-refractivity contribution in [1.82, 2.24) is 15.1 Å². The van der Waals surface area contributed by atoms with Crippen molar-refractivity contribution in [3.8, 4) is 0 Å². The number of aryl methyl sites for hydroxylation is 1. The van der Waals surface area contributed by atoms with Crippen LogP contribution >= 0.6 is 11.8 Å². The molecule has 1 aromatic carbocycles. The van der Waals surface area contributed by atoms with Crippen molar-refractivity contribution in [2.24, 2.45) is 0 Å². The molecule has 1 unspecified atom stereocenters. The van der Waals surface area contributed by atoms with Crippen LogP contribution in [-0.4, -0.2) is 67.5 Å². The lowest BCUT2D eigenvalue weighted by Gasteiger charge is -2.43. The van der Waals surface area contributed by atoms with E-state index in [1.165, 1.54) is 16.0 Å². The molecular weight excluding hydrogens is 310 g/mol. The number of nitrogens with zero attached hydrogens (tertiary/aromatic N) is 2. The molecule has 2 heterocycles. The minimum Gasteiger partial charge on any atom is -0.378 e. The van der Waals surface area contributed by atoms with Crippen molar-refractivity contribution in [3.05, 3.63) is 29.3 Å². The van der Waals surface area contributed by atoms with Gasteiger partial charge in [-0.2, -0.15) is 0 Å². The van der Waals surface area contributed by atoms with Crippen LogP contribution in [0.15, 0.2) is 23.1 Å². The standard InChI is InChI=1S/C17H25N3O2S/c1-13-3-4-14(16(9-13)23-2)10-18-17(21)20-6-5-19-7-8-22-12-15(19)11-20/h3-4,9,15H,5-8,10-12H2,1-2H3,(H,18,21). The Balaban J connectivity index is 1.55. The molecule has 0 aliphatic carbocycles. The van der Waals surface area contributed by atoms with Gasteiger partial charge in [-0.3, -0.25) is 4.90 Å². The van der Waals surface area contributed by atoms with Crippen LogP contribution in [0.3, 0.4) is 0 Å². The number of carbonyl (C=O) groups is 1. The summed E-state index contributed by atoms with van der Waals surface area (Å²) in [7, 11) is 0. The molecule has 2 fully saturated rings. The number of ether oxygens (including phenoxy) is 1. The maximum absolute atomic E-state index is 12.5. The summed E-state index contributed by atoms with van der Waals surface area (Å²) in [6, 6.07) is 6.75. The molecule has 2 saturated heterocycles. The van der Waals surface area contributed by atoms with Crippen molar-refractivity contribution >= 4 is 17.8 Å². The second-order valence-corrected chi connectivity index (χ2v) is 7.03. The number of hydrogen-bond acceptors (Lipinski definition) is 4. The minimum absolute atomic E-state index is 0.0304. The minimum atomic E-state index is 0.0304. The predicted octanol–water partition coefficient (Wildman–Crippen LogP) is 1.94. The van der Waals surface area contributed by atoms with E-state index in [9.17, 15) is 4.79 Å². The number of hydrogen-bond donors (Lipinski definition) is 1. The maximum atomic E-state index is 12.5. The summed E-state index contributed by atoms with van der Waals surface area (Å²) in [4.78, 5) is 18.0. The van der Waals surface area contributed by atoms with E-state index in [4.69, 9.17) is 4.74 Å². The summed E-state index contributed by atoms with van der Waals surface area (Å²) in [6.45, 7) is 7.71. The van der Waals surface area contributed by atoms with E-state index in [2.05, 4.69) is 41.6 Å². The maximum Gasteiger partial charge on any atom is 0.317 e. The number of piperazine rings is 1. The lowest BCUT2D eigenvalue weighted by atomic mass is 10.1. The number of carbonyl (C=O) groups excluding carboxylic acids is 1. The molecule has 0 saturated carbocycles. The smallest absolute Gasteiger partial charge is 0.317 e. The van der Waals surface area contributed by atoms with Crippen LogP contribution < -0.4 is 5.32 Å². The fourth-order valence-corrected chi connectivity index (χ4v) is 3.92. The number of thioether (sulfide) groups is 1. The normalized spacial score (nSPS) is 21.8. The van der Waals surface area contributed by atoms with E-state index in [0.717, 1.165) is 39.4 Å². The first-order chi connectivity index (χ1) is 11.2. The summed E-state index contributed by atoms with van der Waals surface area (Å²) in [5, 5.41) is 3.07. The number of nitrogens with one attached hydrogen (secondary N) is 1. The molecule has 2 aliphatic rings. The Morgan fingerprint density at radius 1 is 1.39 bits per heavy atom. The first-order valence-corrected chi connectivity index (χ1v) is 9.38. The van der Waals surface area contributed by atoms with Gasteiger partial charge in [0, 0.05) is 37.6 Å². The third-order valence-electron chi connectivity index (χ3n) is 4.60. The molecule has 0 spiro atoms. The zero-order chi connectivity index (χ0) is 16.2. The zero-order valence-corrected chi connectivity index (χ0v) is 14.7.